The normalized spacial score (nSPS) is 10.1. The van der Waals surface area contributed by atoms with Crippen LogP contribution in [-0.4, -0.2) is 11.7 Å². The number of halogens is 1. The third kappa shape index (κ3) is 3.01. The summed E-state index contributed by atoms with van der Waals surface area (Å²) < 4.78 is 6.34. The maximum Gasteiger partial charge on any atom is 0.119 e. The van der Waals surface area contributed by atoms with E-state index in [9.17, 15) is 0 Å². The van der Waals surface area contributed by atoms with Crippen molar-refractivity contribution in [3.05, 3.63) is 28.2 Å². The second kappa shape index (κ2) is 5.25. The molecule has 0 atom stereocenters. The van der Waals surface area contributed by atoms with Crippen molar-refractivity contribution in [2.75, 3.05) is 6.61 Å². The zero-order chi connectivity index (χ0) is 9.68. The molecule has 0 amide bonds. The fourth-order valence-electron chi connectivity index (χ4n) is 0.982. The Balaban J connectivity index is 2.74. The Labute approximate surface area is 86.7 Å². The van der Waals surface area contributed by atoms with Crippen molar-refractivity contribution in [3.8, 4) is 5.75 Å². The van der Waals surface area contributed by atoms with E-state index in [0.29, 0.717) is 6.61 Å². The van der Waals surface area contributed by atoms with Crippen LogP contribution in [0.25, 0.3) is 0 Å². The van der Waals surface area contributed by atoms with Crippen LogP contribution in [0.4, 0.5) is 0 Å². The van der Waals surface area contributed by atoms with Gasteiger partial charge in [0, 0.05) is 4.47 Å². The van der Waals surface area contributed by atoms with Gasteiger partial charge < -0.3 is 9.84 Å². The lowest BCUT2D eigenvalue weighted by molar-refractivity contribution is 0.278. The monoisotopic (exact) mass is 244 g/mol. The van der Waals surface area contributed by atoms with Gasteiger partial charge in [-0.3, -0.25) is 0 Å². The largest absolute Gasteiger partial charge is 0.494 e. The lowest BCUT2D eigenvalue weighted by Crippen LogP contribution is -1.96. The number of hydrogen-bond donors (Lipinski definition) is 1. The summed E-state index contributed by atoms with van der Waals surface area (Å²) in [5, 5.41) is 8.98. The number of benzene rings is 1. The fourth-order valence-corrected chi connectivity index (χ4v) is 1.35. The molecule has 0 aliphatic carbocycles. The van der Waals surface area contributed by atoms with Gasteiger partial charge >= 0.3 is 0 Å². The maximum absolute atomic E-state index is 8.98. The summed E-state index contributed by atoms with van der Waals surface area (Å²) in [7, 11) is 0. The van der Waals surface area contributed by atoms with E-state index in [2.05, 4.69) is 22.9 Å². The van der Waals surface area contributed by atoms with Gasteiger partial charge in [-0.1, -0.05) is 22.9 Å². The number of hydrogen-bond acceptors (Lipinski definition) is 2. The Morgan fingerprint density at radius 3 is 2.85 bits per heavy atom. The van der Waals surface area contributed by atoms with Crippen molar-refractivity contribution in [2.45, 2.75) is 20.0 Å². The summed E-state index contributed by atoms with van der Waals surface area (Å²) in [5.74, 6) is 0.814. The highest BCUT2D eigenvalue weighted by atomic mass is 79.9. The average molecular weight is 245 g/mol. The first-order chi connectivity index (χ1) is 6.27. The predicted molar refractivity (Wildman–Crippen MR) is 55.9 cm³/mol. The van der Waals surface area contributed by atoms with Gasteiger partial charge in [0.2, 0.25) is 0 Å². The number of rotatable bonds is 4. The predicted octanol–water partition coefficient (Wildman–Crippen LogP) is 2.73. The SMILES string of the molecule is CCCOc1ccc(Br)c(CO)c1. The molecular weight excluding hydrogens is 232 g/mol. The van der Waals surface area contributed by atoms with Crippen LogP contribution < -0.4 is 4.74 Å². The van der Waals surface area contributed by atoms with E-state index < -0.39 is 0 Å². The number of aliphatic hydroxyl groups is 1. The topological polar surface area (TPSA) is 29.5 Å². The molecule has 1 N–H and O–H groups in total. The zero-order valence-electron chi connectivity index (χ0n) is 7.59. The highest BCUT2D eigenvalue weighted by Crippen LogP contribution is 2.22. The molecule has 1 aromatic rings. The molecule has 0 unspecified atom stereocenters. The van der Waals surface area contributed by atoms with Crippen molar-refractivity contribution < 1.29 is 9.84 Å². The molecule has 1 aromatic carbocycles. The molecule has 0 aliphatic rings. The lowest BCUT2D eigenvalue weighted by Gasteiger charge is -2.06. The van der Waals surface area contributed by atoms with E-state index in [1.165, 1.54) is 0 Å². The van der Waals surface area contributed by atoms with E-state index in [0.717, 1.165) is 22.2 Å². The molecule has 1 rings (SSSR count). The molecule has 0 fully saturated rings. The molecule has 0 saturated heterocycles. The average Bonchev–Trinajstić information content (AvgIpc) is 2.16. The Hall–Kier alpha value is -0.540. The molecule has 13 heavy (non-hydrogen) atoms. The summed E-state index contributed by atoms with van der Waals surface area (Å²) in [6.45, 7) is 2.81. The summed E-state index contributed by atoms with van der Waals surface area (Å²) >= 11 is 3.34. The summed E-state index contributed by atoms with van der Waals surface area (Å²) in [6.07, 6.45) is 0.991. The standard InChI is InChI=1S/C10H13BrO2/c1-2-5-13-9-3-4-10(11)8(6-9)7-12/h3-4,6,12H,2,5,7H2,1H3. The maximum atomic E-state index is 8.98. The highest BCUT2D eigenvalue weighted by Gasteiger charge is 2.00. The first-order valence-electron chi connectivity index (χ1n) is 4.30. The molecule has 0 aliphatic heterocycles. The Bertz CT molecular complexity index is 274. The zero-order valence-corrected chi connectivity index (χ0v) is 9.17. The van der Waals surface area contributed by atoms with Crippen molar-refractivity contribution >= 4 is 15.9 Å². The van der Waals surface area contributed by atoms with Crippen molar-refractivity contribution in [3.63, 3.8) is 0 Å². The van der Waals surface area contributed by atoms with Crippen molar-refractivity contribution in [1.29, 1.82) is 0 Å². The summed E-state index contributed by atoms with van der Waals surface area (Å²) in [5.41, 5.74) is 0.855. The lowest BCUT2D eigenvalue weighted by atomic mass is 10.2. The molecule has 0 spiro atoms. The highest BCUT2D eigenvalue weighted by molar-refractivity contribution is 9.10. The van der Waals surface area contributed by atoms with E-state index in [-0.39, 0.29) is 6.61 Å². The summed E-state index contributed by atoms with van der Waals surface area (Å²) in [6, 6.07) is 5.62. The van der Waals surface area contributed by atoms with E-state index in [4.69, 9.17) is 9.84 Å². The molecule has 0 bridgehead atoms. The summed E-state index contributed by atoms with van der Waals surface area (Å²) in [4.78, 5) is 0. The van der Waals surface area contributed by atoms with Crippen LogP contribution in [0.1, 0.15) is 18.9 Å². The number of ether oxygens (including phenoxy) is 1. The minimum absolute atomic E-state index is 0.0317. The van der Waals surface area contributed by atoms with Crippen LogP contribution in [0.3, 0.4) is 0 Å². The van der Waals surface area contributed by atoms with E-state index >= 15 is 0 Å². The first-order valence-corrected chi connectivity index (χ1v) is 5.09. The van der Waals surface area contributed by atoms with Crippen molar-refractivity contribution in [2.24, 2.45) is 0 Å². The quantitative estimate of drug-likeness (QED) is 0.883. The minimum Gasteiger partial charge on any atom is -0.494 e. The first kappa shape index (κ1) is 10.5. The van der Waals surface area contributed by atoms with Gasteiger partial charge in [-0.15, -0.1) is 0 Å². The Morgan fingerprint density at radius 2 is 2.23 bits per heavy atom. The smallest absolute Gasteiger partial charge is 0.119 e. The van der Waals surface area contributed by atoms with Gasteiger partial charge in [-0.25, -0.2) is 0 Å². The third-order valence-corrected chi connectivity index (χ3v) is 2.43. The molecule has 2 nitrogen and oxygen atoms in total. The van der Waals surface area contributed by atoms with Crippen LogP contribution in [0.5, 0.6) is 5.75 Å². The fraction of sp³-hybridized carbons (Fsp3) is 0.400. The van der Waals surface area contributed by atoms with Crippen LogP contribution in [0.15, 0.2) is 22.7 Å². The molecule has 0 saturated carbocycles. The number of aliphatic hydroxyl groups excluding tert-OH is 1. The molecule has 0 aromatic heterocycles. The minimum atomic E-state index is 0.0317. The van der Waals surface area contributed by atoms with E-state index in [1.807, 2.05) is 18.2 Å². The van der Waals surface area contributed by atoms with Gasteiger partial charge in [0.15, 0.2) is 0 Å². The van der Waals surface area contributed by atoms with Gasteiger partial charge in [-0.05, 0) is 30.2 Å². The van der Waals surface area contributed by atoms with Crippen LogP contribution in [0, 0.1) is 0 Å². The Morgan fingerprint density at radius 1 is 1.46 bits per heavy atom. The van der Waals surface area contributed by atoms with Gasteiger partial charge in [-0.2, -0.15) is 0 Å². The second-order valence-electron chi connectivity index (χ2n) is 2.76. The van der Waals surface area contributed by atoms with Crippen LogP contribution in [0.2, 0.25) is 0 Å². The van der Waals surface area contributed by atoms with E-state index in [1.54, 1.807) is 0 Å². The third-order valence-electron chi connectivity index (χ3n) is 1.66. The van der Waals surface area contributed by atoms with Gasteiger partial charge in [0.05, 0.1) is 13.2 Å². The molecule has 0 heterocycles. The molecule has 3 heteroatoms. The van der Waals surface area contributed by atoms with Crippen LogP contribution in [-0.2, 0) is 6.61 Å². The molecule has 0 radical (unpaired) electrons. The van der Waals surface area contributed by atoms with Gasteiger partial charge in [0.25, 0.3) is 0 Å². The van der Waals surface area contributed by atoms with Crippen LogP contribution >= 0.6 is 15.9 Å². The van der Waals surface area contributed by atoms with Gasteiger partial charge in [0.1, 0.15) is 5.75 Å². The molecular formula is C10H13BrO2. The second-order valence-corrected chi connectivity index (χ2v) is 3.61. The molecule has 72 valence electrons. The Kier molecular flexibility index (Phi) is 4.25. The van der Waals surface area contributed by atoms with Crippen molar-refractivity contribution in [1.82, 2.24) is 0 Å².